The van der Waals surface area contributed by atoms with Crippen molar-refractivity contribution in [3.05, 3.63) is 29.8 Å². The number of hydrogen-bond acceptors (Lipinski definition) is 3. The monoisotopic (exact) mass is 195 g/mol. The van der Waals surface area contributed by atoms with Crippen LogP contribution in [0.3, 0.4) is 0 Å². The summed E-state index contributed by atoms with van der Waals surface area (Å²) in [5, 5.41) is 8.87. The number of carbonyl (C=O) groups is 1. The summed E-state index contributed by atoms with van der Waals surface area (Å²) in [4.78, 5) is 10.8. The van der Waals surface area contributed by atoms with E-state index < -0.39 is 11.9 Å². The lowest BCUT2D eigenvalue weighted by atomic mass is 9.99. The van der Waals surface area contributed by atoms with E-state index in [9.17, 15) is 4.79 Å². The molecule has 0 radical (unpaired) electrons. The molecule has 1 atom stereocenters. The minimum absolute atomic E-state index is 0.0858. The van der Waals surface area contributed by atoms with Gasteiger partial charge in [-0.05, 0) is 17.7 Å². The van der Waals surface area contributed by atoms with E-state index in [0.29, 0.717) is 11.3 Å². The summed E-state index contributed by atoms with van der Waals surface area (Å²) in [6, 6.07) is 6.93. The van der Waals surface area contributed by atoms with Crippen molar-refractivity contribution in [1.29, 1.82) is 0 Å². The molecule has 0 heterocycles. The van der Waals surface area contributed by atoms with Gasteiger partial charge in [-0.15, -0.1) is 0 Å². The Morgan fingerprint density at radius 1 is 1.64 bits per heavy atom. The van der Waals surface area contributed by atoms with Crippen LogP contribution in [-0.2, 0) is 4.79 Å². The Labute approximate surface area is 82.3 Å². The number of rotatable bonds is 4. The van der Waals surface area contributed by atoms with Crippen LogP contribution in [0.4, 0.5) is 0 Å². The fourth-order valence-corrected chi connectivity index (χ4v) is 1.24. The van der Waals surface area contributed by atoms with E-state index in [1.54, 1.807) is 24.3 Å². The van der Waals surface area contributed by atoms with Gasteiger partial charge in [0, 0.05) is 6.54 Å². The van der Waals surface area contributed by atoms with Gasteiger partial charge in [-0.25, -0.2) is 0 Å². The first-order valence-corrected chi connectivity index (χ1v) is 4.26. The number of hydrogen-bond donors (Lipinski definition) is 2. The van der Waals surface area contributed by atoms with Crippen LogP contribution in [0.2, 0.25) is 0 Å². The normalized spacial score (nSPS) is 12.1. The van der Waals surface area contributed by atoms with E-state index in [4.69, 9.17) is 15.6 Å². The molecular formula is C10H13NO3. The molecule has 4 heteroatoms. The molecule has 4 nitrogen and oxygen atoms in total. The summed E-state index contributed by atoms with van der Waals surface area (Å²) in [5.74, 6) is -0.937. The maximum atomic E-state index is 10.8. The number of carboxylic acids is 1. The molecule has 0 saturated heterocycles. The second-order valence-corrected chi connectivity index (χ2v) is 2.90. The van der Waals surface area contributed by atoms with E-state index in [1.165, 1.54) is 7.11 Å². The molecule has 0 aliphatic carbocycles. The Morgan fingerprint density at radius 3 is 2.86 bits per heavy atom. The van der Waals surface area contributed by atoms with E-state index in [2.05, 4.69) is 0 Å². The van der Waals surface area contributed by atoms with Crippen molar-refractivity contribution >= 4 is 5.97 Å². The summed E-state index contributed by atoms with van der Waals surface area (Å²) in [7, 11) is 1.54. The predicted octanol–water partition coefficient (Wildman–Crippen LogP) is 0.822. The third-order valence-electron chi connectivity index (χ3n) is 2.03. The van der Waals surface area contributed by atoms with Gasteiger partial charge in [0.1, 0.15) is 5.75 Å². The molecule has 1 aromatic rings. The van der Waals surface area contributed by atoms with Gasteiger partial charge in [-0.2, -0.15) is 0 Å². The first-order chi connectivity index (χ1) is 6.69. The minimum Gasteiger partial charge on any atom is -0.497 e. The molecule has 76 valence electrons. The topological polar surface area (TPSA) is 72.5 Å². The smallest absolute Gasteiger partial charge is 0.312 e. The SMILES string of the molecule is COc1cccc([C@@H](CN)C(=O)O)c1. The van der Waals surface area contributed by atoms with Gasteiger partial charge < -0.3 is 15.6 Å². The molecule has 0 bridgehead atoms. The number of carboxylic acid groups (broad SMARTS) is 1. The molecule has 3 N–H and O–H groups in total. The van der Waals surface area contributed by atoms with Gasteiger partial charge in [0.15, 0.2) is 0 Å². The van der Waals surface area contributed by atoms with Crippen molar-refractivity contribution in [1.82, 2.24) is 0 Å². The molecule has 0 aliphatic heterocycles. The Balaban J connectivity index is 2.98. The summed E-state index contributed by atoms with van der Waals surface area (Å²) in [6.45, 7) is 0.0858. The first kappa shape index (κ1) is 10.5. The summed E-state index contributed by atoms with van der Waals surface area (Å²) in [6.07, 6.45) is 0. The van der Waals surface area contributed by atoms with Gasteiger partial charge in [-0.1, -0.05) is 12.1 Å². The van der Waals surface area contributed by atoms with Crippen molar-refractivity contribution in [3.63, 3.8) is 0 Å². The largest absolute Gasteiger partial charge is 0.497 e. The highest BCUT2D eigenvalue weighted by atomic mass is 16.5. The van der Waals surface area contributed by atoms with Crippen molar-refractivity contribution in [2.75, 3.05) is 13.7 Å². The number of methoxy groups -OCH3 is 1. The first-order valence-electron chi connectivity index (χ1n) is 4.26. The summed E-state index contributed by atoms with van der Waals surface area (Å²) < 4.78 is 5.00. The third-order valence-corrected chi connectivity index (χ3v) is 2.03. The van der Waals surface area contributed by atoms with Gasteiger partial charge >= 0.3 is 5.97 Å². The summed E-state index contributed by atoms with van der Waals surface area (Å²) in [5.41, 5.74) is 6.04. The molecule has 14 heavy (non-hydrogen) atoms. The molecule has 1 rings (SSSR count). The molecule has 0 unspecified atom stereocenters. The maximum Gasteiger partial charge on any atom is 0.312 e. The van der Waals surface area contributed by atoms with Crippen molar-refractivity contribution < 1.29 is 14.6 Å². The molecule has 0 aromatic heterocycles. The molecule has 0 aliphatic rings. The molecule has 0 saturated carbocycles. The van der Waals surface area contributed by atoms with Crippen LogP contribution in [0.5, 0.6) is 5.75 Å². The van der Waals surface area contributed by atoms with Crippen molar-refractivity contribution in [2.45, 2.75) is 5.92 Å². The number of aliphatic carboxylic acids is 1. The fraction of sp³-hybridized carbons (Fsp3) is 0.300. The van der Waals surface area contributed by atoms with Crippen molar-refractivity contribution in [3.8, 4) is 5.75 Å². The zero-order valence-corrected chi connectivity index (χ0v) is 7.93. The summed E-state index contributed by atoms with van der Waals surface area (Å²) >= 11 is 0. The van der Waals surface area contributed by atoms with E-state index in [0.717, 1.165) is 0 Å². The van der Waals surface area contributed by atoms with Crippen LogP contribution in [0, 0.1) is 0 Å². The lowest BCUT2D eigenvalue weighted by molar-refractivity contribution is -0.138. The molecule has 0 fully saturated rings. The minimum atomic E-state index is -0.916. The Hall–Kier alpha value is -1.55. The average Bonchev–Trinajstić information content (AvgIpc) is 2.19. The van der Waals surface area contributed by atoms with E-state index >= 15 is 0 Å². The molecular weight excluding hydrogens is 182 g/mol. The standard InChI is InChI=1S/C10H13NO3/c1-14-8-4-2-3-7(5-8)9(6-11)10(12)13/h2-5,9H,6,11H2,1H3,(H,12,13)/t9-/m1/s1. The van der Waals surface area contributed by atoms with E-state index in [-0.39, 0.29) is 6.54 Å². The van der Waals surface area contributed by atoms with Crippen LogP contribution < -0.4 is 10.5 Å². The average molecular weight is 195 g/mol. The Kier molecular flexibility index (Phi) is 3.48. The van der Waals surface area contributed by atoms with Crippen molar-refractivity contribution in [2.24, 2.45) is 5.73 Å². The number of nitrogens with two attached hydrogens (primary N) is 1. The van der Waals surface area contributed by atoms with Gasteiger partial charge in [0.05, 0.1) is 13.0 Å². The molecule has 1 aromatic carbocycles. The Bertz CT molecular complexity index is 325. The molecule has 0 spiro atoms. The second-order valence-electron chi connectivity index (χ2n) is 2.90. The fourth-order valence-electron chi connectivity index (χ4n) is 1.24. The zero-order valence-electron chi connectivity index (χ0n) is 7.93. The van der Waals surface area contributed by atoms with Gasteiger partial charge in [-0.3, -0.25) is 4.79 Å². The van der Waals surface area contributed by atoms with Gasteiger partial charge in [0.2, 0.25) is 0 Å². The quantitative estimate of drug-likeness (QED) is 0.746. The Morgan fingerprint density at radius 2 is 2.36 bits per heavy atom. The van der Waals surface area contributed by atoms with E-state index in [1.807, 2.05) is 0 Å². The molecule has 0 amide bonds. The van der Waals surface area contributed by atoms with Crippen LogP contribution in [0.1, 0.15) is 11.5 Å². The van der Waals surface area contributed by atoms with Crippen LogP contribution >= 0.6 is 0 Å². The zero-order chi connectivity index (χ0) is 10.6. The lowest BCUT2D eigenvalue weighted by Gasteiger charge is -2.10. The number of benzene rings is 1. The van der Waals surface area contributed by atoms with Crippen LogP contribution in [0.15, 0.2) is 24.3 Å². The highest BCUT2D eigenvalue weighted by Gasteiger charge is 2.17. The third kappa shape index (κ3) is 2.23. The highest BCUT2D eigenvalue weighted by Crippen LogP contribution is 2.20. The number of ether oxygens (including phenoxy) is 1. The van der Waals surface area contributed by atoms with Crippen LogP contribution in [-0.4, -0.2) is 24.7 Å². The van der Waals surface area contributed by atoms with Crippen LogP contribution in [0.25, 0.3) is 0 Å². The second kappa shape index (κ2) is 4.62. The van der Waals surface area contributed by atoms with Gasteiger partial charge in [0.25, 0.3) is 0 Å². The maximum absolute atomic E-state index is 10.8. The highest BCUT2D eigenvalue weighted by molar-refractivity contribution is 5.76. The lowest BCUT2D eigenvalue weighted by Crippen LogP contribution is -2.21. The predicted molar refractivity (Wildman–Crippen MR) is 52.4 cm³/mol.